The standard InChI is InChI=1S/C27H27Cl2N5OS/c1-33(2)9-10-34(3)16-17-5-7-18(8-6-17)25-13-23-27(36-25)26(19(14-30)15-31-23)32-22-12-24(35-4)21(29)11-20(22)28/h5-8,11-13,15H,9-10,16H2,1-4H3,(H,31,32). The molecule has 2 aromatic carbocycles. The fourth-order valence-electron chi connectivity index (χ4n) is 3.78. The van der Waals surface area contributed by atoms with E-state index in [4.69, 9.17) is 27.9 Å². The number of anilines is 2. The minimum atomic E-state index is 0.416. The number of methoxy groups -OCH3 is 1. The molecule has 36 heavy (non-hydrogen) atoms. The second-order valence-corrected chi connectivity index (χ2v) is 10.7. The molecule has 186 valence electrons. The van der Waals surface area contributed by atoms with Crippen molar-refractivity contribution in [2.24, 2.45) is 0 Å². The molecule has 0 spiro atoms. The third-order valence-electron chi connectivity index (χ3n) is 5.78. The highest BCUT2D eigenvalue weighted by atomic mass is 35.5. The minimum absolute atomic E-state index is 0.416. The van der Waals surface area contributed by atoms with Gasteiger partial charge in [-0.25, -0.2) is 0 Å². The number of thiophene rings is 1. The van der Waals surface area contributed by atoms with Gasteiger partial charge in [0, 0.05) is 36.8 Å². The molecule has 0 amide bonds. The maximum atomic E-state index is 9.75. The van der Waals surface area contributed by atoms with Gasteiger partial charge in [0.1, 0.15) is 11.8 Å². The summed E-state index contributed by atoms with van der Waals surface area (Å²) in [5.41, 5.74) is 4.86. The molecule has 0 bridgehead atoms. The van der Waals surface area contributed by atoms with Crippen molar-refractivity contribution in [3.63, 3.8) is 0 Å². The van der Waals surface area contributed by atoms with Crippen molar-refractivity contribution >= 4 is 56.1 Å². The van der Waals surface area contributed by atoms with Crippen LogP contribution in [0.5, 0.6) is 5.75 Å². The van der Waals surface area contributed by atoms with Gasteiger partial charge in [-0.15, -0.1) is 11.3 Å². The molecule has 0 saturated carbocycles. The van der Waals surface area contributed by atoms with Crippen LogP contribution in [0.2, 0.25) is 10.0 Å². The number of rotatable bonds is 9. The molecule has 0 atom stereocenters. The SMILES string of the molecule is COc1cc(Nc2c(C#N)cnc3cc(-c4ccc(CN(C)CCN(C)C)cc4)sc23)c(Cl)cc1Cl. The summed E-state index contributed by atoms with van der Waals surface area (Å²) in [5.74, 6) is 0.492. The summed E-state index contributed by atoms with van der Waals surface area (Å²) in [7, 11) is 7.86. The first-order chi connectivity index (χ1) is 17.3. The van der Waals surface area contributed by atoms with E-state index in [1.54, 1.807) is 36.8 Å². The molecule has 0 aliphatic carbocycles. The molecule has 6 nitrogen and oxygen atoms in total. The van der Waals surface area contributed by atoms with Crippen molar-refractivity contribution in [3.8, 4) is 22.3 Å². The van der Waals surface area contributed by atoms with Crippen molar-refractivity contribution < 1.29 is 4.74 Å². The lowest BCUT2D eigenvalue weighted by atomic mass is 10.1. The summed E-state index contributed by atoms with van der Waals surface area (Å²) in [6.07, 6.45) is 1.58. The Morgan fingerprint density at radius 1 is 1.06 bits per heavy atom. The number of likely N-dealkylation sites (N-methyl/N-ethyl adjacent to an activating group) is 2. The largest absolute Gasteiger partial charge is 0.495 e. The van der Waals surface area contributed by atoms with Gasteiger partial charge in [0.25, 0.3) is 0 Å². The lowest BCUT2D eigenvalue weighted by Gasteiger charge is -2.19. The lowest BCUT2D eigenvalue weighted by Crippen LogP contribution is -2.28. The molecule has 4 rings (SSSR count). The summed E-state index contributed by atoms with van der Waals surface area (Å²) < 4.78 is 6.21. The molecular formula is C27H27Cl2N5OS. The first-order valence-electron chi connectivity index (χ1n) is 11.3. The van der Waals surface area contributed by atoms with E-state index < -0.39 is 0 Å². The number of benzene rings is 2. The number of nitrogens with one attached hydrogen (secondary N) is 1. The van der Waals surface area contributed by atoms with E-state index in [0.29, 0.717) is 32.7 Å². The molecule has 2 aromatic heterocycles. The summed E-state index contributed by atoms with van der Waals surface area (Å²) >= 11 is 14.2. The lowest BCUT2D eigenvalue weighted by molar-refractivity contribution is 0.276. The number of aromatic nitrogens is 1. The second kappa shape index (κ2) is 11.5. The van der Waals surface area contributed by atoms with Crippen molar-refractivity contribution in [2.75, 3.05) is 46.7 Å². The zero-order valence-corrected chi connectivity index (χ0v) is 22.9. The normalized spacial score (nSPS) is 11.3. The van der Waals surface area contributed by atoms with Crippen LogP contribution in [0, 0.1) is 11.3 Å². The molecule has 9 heteroatoms. The number of nitriles is 1. The van der Waals surface area contributed by atoms with E-state index >= 15 is 0 Å². The third-order valence-corrected chi connectivity index (χ3v) is 7.58. The van der Waals surface area contributed by atoms with Gasteiger partial charge in [0.05, 0.1) is 44.3 Å². The van der Waals surface area contributed by atoms with E-state index in [1.165, 1.54) is 5.56 Å². The quantitative estimate of drug-likeness (QED) is 0.250. The van der Waals surface area contributed by atoms with E-state index in [1.807, 2.05) is 0 Å². The Balaban J connectivity index is 1.63. The number of hydrogen-bond donors (Lipinski definition) is 1. The highest BCUT2D eigenvalue weighted by molar-refractivity contribution is 7.22. The number of fused-ring (bicyclic) bond motifs is 1. The smallest absolute Gasteiger partial charge is 0.139 e. The van der Waals surface area contributed by atoms with Gasteiger partial charge in [-0.1, -0.05) is 47.5 Å². The summed E-state index contributed by atoms with van der Waals surface area (Å²) in [6, 6.07) is 16.2. The Kier molecular flexibility index (Phi) is 8.35. The van der Waals surface area contributed by atoms with Crippen LogP contribution in [-0.4, -0.2) is 56.1 Å². The van der Waals surface area contributed by atoms with E-state index in [0.717, 1.165) is 40.3 Å². The van der Waals surface area contributed by atoms with Gasteiger partial charge in [0.2, 0.25) is 0 Å². The van der Waals surface area contributed by atoms with E-state index in [2.05, 4.69) is 77.6 Å². The number of pyridine rings is 1. The summed E-state index contributed by atoms with van der Waals surface area (Å²) in [5, 5.41) is 13.9. The van der Waals surface area contributed by atoms with Crippen molar-refractivity contribution in [1.82, 2.24) is 14.8 Å². The van der Waals surface area contributed by atoms with Crippen LogP contribution in [-0.2, 0) is 6.54 Å². The number of hydrogen-bond acceptors (Lipinski definition) is 7. The van der Waals surface area contributed by atoms with Crippen molar-refractivity contribution in [3.05, 3.63) is 69.8 Å². The topological polar surface area (TPSA) is 64.4 Å². The van der Waals surface area contributed by atoms with Crippen LogP contribution < -0.4 is 10.1 Å². The molecule has 0 unspecified atom stereocenters. The van der Waals surface area contributed by atoms with Crippen LogP contribution >= 0.6 is 34.5 Å². The summed E-state index contributed by atoms with van der Waals surface area (Å²) in [6.45, 7) is 2.93. The second-order valence-electron chi connectivity index (χ2n) is 8.81. The highest BCUT2D eigenvalue weighted by Crippen LogP contribution is 2.41. The Morgan fingerprint density at radius 3 is 2.47 bits per heavy atom. The van der Waals surface area contributed by atoms with Crippen molar-refractivity contribution in [1.29, 1.82) is 5.26 Å². The Morgan fingerprint density at radius 2 is 1.81 bits per heavy atom. The minimum Gasteiger partial charge on any atom is -0.495 e. The monoisotopic (exact) mass is 539 g/mol. The van der Waals surface area contributed by atoms with Gasteiger partial charge in [0.15, 0.2) is 0 Å². The number of ether oxygens (including phenoxy) is 1. The van der Waals surface area contributed by atoms with Crippen LogP contribution in [0.25, 0.3) is 20.7 Å². The van der Waals surface area contributed by atoms with Crippen molar-refractivity contribution in [2.45, 2.75) is 6.54 Å². The van der Waals surface area contributed by atoms with Gasteiger partial charge in [-0.05, 0) is 44.4 Å². The molecule has 2 heterocycles. The van der Waals surface area contributed by atoms with Gasteiger partial charge >= 0.3 is 0 Å². The molecule has 0 aliphatic rings. The number of nitrogens with zero attached hydrogens (tertiary/aromatic N) is 4. The first-order valence-corrected chi connectivity index (χ1v) is 12.9. The molecule has 0 aliphatic heterocycles. The molecule has 1 N–H and O–H groups in total. The van der Waals surface area contributed by atoms with Crippen LogP contribution in [0.3, 0.4) is 0 Å². The summed E-state index contributed by atoms with van der Waals surface area (Å²) in [4.78, 5) is 10.1. The fourth-order valence-corrected chi connectivity index (χ4v) is 5.41. The zero-order chi connectivity index (χ0) is 25.8. The van der Waals surface area contributed by atoms with Crippen LogP contribution in [0.15, 0.2) is 48.7 Å². The van der Waals surface area contributed by atoms with Crippen LogP contribution in [0.1, 0.15) is 11.1 Å². The maximum absolute atomic E-state index is 9.75. The fraction of sp³-hybridized carbons (Fsp3) is 0.259. The highest BCUT2D eigenvalue weighted by Gasteiger charge is 2.16. The van der Waals surface area contributed by atoms with E-state index in [9.17, 15) is 5.26 Å². The predicted octanol–water partition coefficient (Wildman–Crippen LogP) is 6.89. The molecular weight excluding hydrogens is 513 g/mol. The van der Waals surface area contributed by atoms with Crippen LogP contribution in [0.4, 0.5) is 11.4 Å². The first kappa shape index (κ1) is 26.2. The van der Waals surface area contributed by atoms with Gasteiger partial charge in [-0.3, -0.25) is 4.98 Å². The molecule has 4 aromatic rings. The Bertz CT molecular complexity index is 1410. The Labute approximate surface area is 225 Å². The molecule has 0 saturated heterocycles. The molecule has 0 fully saturated rings. The van der Waals surface area contributed by atoms with E-state index in [-0.39, 0.29) is 0 Å². The zero-order valence-electron chi connectivity index (χ0n) is 20.6. The molecule has 0 radical (unpaired) electrons. The van der Waals surface area contributed by atoms with Gasteiger partial charge in [-0.2, -0.15) is 5.26 Å². The predicted molar refractivity (Wildman–Crippen MR) is 151 cm³/mol. The number of halogens is 2. The third kappa shape index (κ3) is 5.92. The van der Waals surface area contributed by atoms with Gasteiger partial charge < -0.3 is 19.9 Å². The maximum Gasteiger partial charge on any atom is 0.139 e. The Hall–Kier alpha value is -2.86. The average Bonchev–Trinajstić information content (AvgIpc) is 3.29. The average molecular weight is 541 g/mol.